The number of nitrogens with one attached hydrogen (secondary N) is 6. The number of urea groups is 1. The molecule has 2 heterocycles. The van der Waals surface area contributed by atoms with Gasteiger partial charge in [0, 0.05) is 67.6 Å². The molecule has 0 radical (unpaired) electrons. The van der Waals surface area contributed by atoms with Gasteiger partial charge in [-0.2, -0.15) is 0 Å². The summed E-state index contributed by atoms with van der Waals surface area (Å²) in [5, 5.41) is 16.3. The fourth-order valence-corrected chi connectivity index (χ4v) is 7.23. The number of aliphatic imine (C=N–C) groups is 1. The minimum Gasteiger partial charge on any atom is -0.445 e. The summed E-state index contributed by atoms with van der Waals surface area (Å²) in [6.45, 7) is 11.1. The Morgan fingerprint density at radius 3 is 2.21 bits per heavy atom. The van der Waals surface area contributed by atoms with Gasteiger partial charge in [-0.05, 0) is 85.6 Å². The van der Waals surface area contributed by atoms with Crippen molar-refractivity contribution in [1.29, 1.82) is 0 Å². The Kier molecular flexibility index (Phi) is 21.4. The van der Waals surface area contributed by atoms with Gasteiger partial charge in [0.2, 0.25) is 23.6 Å². The van der Waals surface area contributed by atoms with Crippen molar-refractivity contribution in [2.24, 2.45) is 22.4 Å². The summed E-state index contributed by atoms with van der Waals surface area (Å²) in [4.78, 5) is 101. The Morgan fingerprint density at radius 1 is 0.794 bits per heavy atom. The van der Waals surface area contributed by atoms with Gasteiger partial charge in [-0.15, -0.1) is 0 Å². The topological polar surface area (TPSA) is 281 Å². The van der Waals surface area contributed by atoms with Gasteiger partial charge < -0.3 is 53.0 Å². The molecule has 0 spiro atoms. The molecule has 10 N–H and O–H groups in total. The van der Waals surface area contributed by atoms with Gasteiger partial charge in [0.1, 0.15) is 24.5 Å². The van der Waals surface area contributed by atoms with E-state index in [0.29, 0.717) is 77.2 Å². The Morgan fingerprint density at radius 2 is 1.53 bits per heavy atom. The molecular formula is C49H67N11O8. The van der Waals surface area contributed by atoms with E-state index < -0.39 is 41.9 Å². The molecule has 68 heavy (non-hydrogen) atoms. The number of hydrogen-bond acceptors (Lipinski definition) is 11. The molecule has 19 nitrogen and oxygen atoms in total. The predicted octanol–water partition coefficient (Wildman–Crippen LogP) is 5.78. The van der Waals surface area contributed by atoms with Crippen molar-refractivity contribution in [3.05, 3.63) is 88.8 Å². The van der Waals surface area contributed by atoms with Crippen LogP contribution in [-0.4, -0.2) is 89.1 Å². The van der Waals surface area contributed by atoms with Crippen LogP contribution in [0.5, 0.6) is 0 Å². The first-order valence-electron chi connectivity index (χ1n) is 23.3. The zero-order valence-electron chi connectivity index (χ0n) is 39.7. The van der Waals surface area contributed by atoms with Crippen molar-refractivity contribution in [3.63, 3.8) is 0 Å². The maximum Gasteiger partial charge on any atom is 0.407 e. The highest BCUT2D eigenvalue weighted by Crippen LogP contribution is 2.29. The first-order valence-corrected chi connectivity index (χ1v) is 23.3. The summed E-state index contributed by atoms with van der Waals surface area (Å²) in [5.74, 6) is -1.72. The molecule has 0 aliphatic carbocycles. The van der Waals surface area contributed by atoms with Gasteiger partial charge in [-0.1, -0.05) is 65.7 Å². The number of alkyl carbamates (subject to hydrolysis) is 1. The lowest BCUT2D eigenvalue weighted by Crippen LogP contribution is -2.54. The number of ether oxygens (including phenoxy) is 1. The number of amidine groups is 1. The molecule has 2 atom stereocenters. The van der Waals surface area contributed by atoms with E-state index in [1.807, 2.05) is 25.7 Å². The monoisotopic (exact) mass is 938 g/mol. The van der Waals surface area contributed by atoms with Crippen LogP contribution in [0.4, 0.5) is 26.7 Å². The lowest BCUT2D eigenvalue weighted by Gasteiger charge is -2.25. The summed E-state index contributed by atoms with van der Waals surface area (Å²) in [5.41, 5.74) is 15.5. The highest BCUT2D eigenvalue weighted by Gasteiger charge is 2.29. The first kappa shape index (κ1) is 53.3. The van der Waals surface area contributed by atoms with E-state index in [1.165, 1.54) is 6.20 Å². The maximum absolute atomic E-state index is 13.5. The lowest BCUT2D eigenvalue weighted by molar-refractivity contribution is -0.132. The third-order valence-electron chi connectivity index (χ3n) is 10.8. The fraction of sp³-hybridized carbons (Fsp3) is 0.449. The molecule has 4 rings (SSSR count). The second-order valence-corrected chi connectivity index (χ2v) is 16.9. The Hall–Kier alpha value is -7.31. The van der Waals surface area contributed by atoms with Gasteiger partial charge in [0.25, 0.3) is 5.91 Å². The molecule has 2 aromatic carbocycles. The number of fused-ring (bicyclic) bond motifs is 1. The number of primary amides is 1. The zero-order chi connectivity index (χ0) is 49.6. The SMILES string of the molecule is CCCCCC(=O)NC(C(=O)NC(CCCNC(N)=O)C(=O)Nc1ccc(COC(=O)NCc2cncc(NC(=O)c3ccc4c(c3)N=C(N)CC(C(=O)N(CCC)CCC)=C4)c2)cc1)C(C)C. The van der Waals surface area contributed by atoms with E-state index in [-0.39, 0.29) is 56.1 Å². The Bertz CT molecular complexity index is 2290. The van der Waals surface area contributed by atoms with Crippen molar-refractivity contribution in [2.75, 3.05) is 30.3 Å². The van der Waals surface area contributed by atoms with E-state index in [1.54, 1.807) is 74.7 Å². The van der Waals surface area contributed by atoms with Crippen molar-refractivity contribution in [3.8, 4) is 0 Å². The summed E-state index contributed by atoms with van der Waals surface area (Å²) in [6.07, 6.45) is 9.33. The van der Waals surface area contributed by atoms with Gasteiger partial charge in [-0.3, -0.25) is 29.0 Å². The molecule has 2 unspecified atom stereocenters. The van der Waals surface area contributed by atoms with Crippen LogP contribution in [0, 0.1) is 5.92 Å². The smallest absolute Gasteiger partial charge is 0.407 e. The second kappa shape index (κ2) is 27.4. The Balaban J connectivity index is 1.29. The molecule has 366 valence electrons. The van der Waals surface area contributed by atoms with Gasteiger partial charge in [-0.25, -0.2) is 14.6 Å². The van der Waals surface area contributed by atoms with Crippen LogP contribution in [0.1, 0.15) is 119 Å². The number of nitrogens with zero attached hydrogens (tertiary/aromatic N) is 3. The molecule has 0 saturated carbocycles. The molecule has 0 saturated heterocycles. The third-order valence-corrected chi connectivity index (χ3v) is 10.8. The summed E-state index contributed by atoms with van der Waals surface area (Å²) >= 11 is 0. The molecule has 1 aliphatic heterocycles. The quantitative estimate of drug-likeness (QED) is 0.0474. The van der Waals surface area contributed by atoms with Gasteiger partial charge in [0.15, 0.2) is 0 Å². The fourth-order valence-electron chi connectivity index (χ4n) is 7.23. The number of unbranched alkanes of at least 4 members (excludes halogenated alkanes) is 2. The standard InChI is InChI=1S/C49H67N11O8/c1-6-9-10-13-42(61)59-43(31(4)5)46(64)58-39(12-11-20-53-48(51)66)45(63)55-37-18-14-32(15-19-37)30-68-49(67)54-28-33-23-38(29-52-27-33)56-44(62)35-17-16-34-24-36(26-41(50)57-40(34)25-35)47(65)60(21-7-2)22-8-3/h14-19,23-25,27,29,31,39,43H,6-13,20-22,26,28,30H2,1-5H3,(H2,50,57)(H,54,67)(H,55,63)(H,56,62)(H,58,64)(H,59,61)(H3,51,53,66). The predicted molar refractivity (Wildman–Crippen MR) is 261 cm³/mol. The molecule has 19 heteroatoms. The number of rotatable bonds is 25. The van der Waals surface area contributed by atoms with Crippen LogP contribution in [-0.2, 0) is 37.1 Å². The highest BCUT2D eigenvalue weighted by molar-refractivity contribution is 6.08. The summed E-state index contributed by atoms with van der Waals surface area (Å²) in [6, 6.07) is 10.7. The number of carbonyl (C=O) groups is 7. The molecule has 1 aliphatic rings. The minimum absolute atomic E-state index is 0.0498. The van der Waals surface area contributed by atoms with Crippen molar-refractivity contribution < 1.29 is 38.3 Å². The summed E-state index contributed by atoms with van der Waals surface area (Å²) in [7, 11) is 0. The largest absolute Gasteiger partial charge is 0.445 e. The molecule has 1 aromatic heterocycles. The number of carbonyl (C=O) groups excluding carboxylic acids is 7. The van der Waals surface area contributed by atoms with Crippen LogP contribution in [0.25, 0.3) is 6.08 Å². The van der Waals surface area contributed by atoms with Crippen LogP contribution in [0.2, 0.25) is 0 Å². The number of nitrogens with two attached hydrogens (primary N) is 2. The molecule has 3 aromatic rings. The number of anilines is 2. The van der Waals surface area contributed by atoms with Crippen molar-refractivity contribution >= 4 is 70.6 Å². The molecule has 8 amide bonds. The van der Waals surface area contributed by atoms with E-state index in [4.69, 9.17) is 16.2 Å². The number of aromatic nitrogens is 1. The average Bonchev–Trinajstić information content (AvgIpc) is 3.47. The third kappa shape index (κ3) is 17.5. The van der Waals surface area contributed by atoms with E-state index >= 15 is 0 Å². The average molecular weight is 938 g/mol. The minimum atomic E-state index is -0.998. The van der Waals surface area contributed by atoms with E-state index in [9.17, 15) is 33.6 Å². The first-order chi connectivity index (χ1) is 32.6. The highest BCUT2D eigenvalue weighted by atomic mass is 16.5. The van der Waals surface area contributed by atoms with Crippen LogP contribution in [0.15, 0.2) is 71.5 Å². The number of pyridine rings is 1. The van der Waals surface area contributed by atoms with E-state index in [2.05, 4.69) is 41.9 Å². The second-order valence-electron chi connectivity index (χ2n) is 16.9. The van der Waals surface area contributed by atoms with Crippen LogP contribution >= 0.6 is 0 Å². The van der Waals surface area contributed by atoms with Crippen LogP contribution in [0.3, 0.4) is 0 Å². The molecular weight excluding hydrogens is 871 g/mol. The number of amides is 8. The van der Waals surface area contributed by atoms with Gasteiger partial charge in [0.05, 0.1) is 17.6 Å². The summed E-state index contributed by atoms with van der Waals surface area (Å²) < 4.78 is 5.40. The van der Waals surface area contributed by atoms with Crippen molar-refractivity contribution in [1.82, 2.24) is 31.2 Å². The lowest BCUT2D eigenvalue weighted by atomic mass is 10.0. The normalized spacial score (nSPS) is 12.7. The van der Waals surface area contributed by atoms with Gasteiger partial charge >= 0.3 is 12.1 Å². The Labute approximate surface area is 398 Å². The van der Waals surface area contributed by atoms with Crippen molar-refractivity contribution in [2.45, 2.75) is 118 Å². The molecule has 0 fully saturated rings. The van der Waals surface area contributed by atoms with Crippen LogP contribution < -0.4 is 43.4 Å². The van der Waals surface area contributed by atoms with E-state index in [0.717, 1.165) is 25.7 Å². The molecule has 0 bridgehead atoms. The number of hydrogen-bond donors (Lipinski definition) is 8. The zero-order valence-corrected chi connectivity index (χ0v) is 39.7. The number of benzene rings is 2. The maximum atomic E-state index is 13.5.